The molecule has 1 aliphatic heterocycles. The number of anilines is 1. The minimum atomic E-state index is 0.00644. The van der Waals surface area contributed by atoms with Crippen LogP contribution in [0.25, 0.3) is 0 Å². The van der Waals surface area contributed by atoms with E-state index in [1.807, 2.05) is 16.7 Å². The summed E-state index contributed by atoms with van der Waals surface area (Å²) in [5.74, 6) is 2.56. The van der Waals surface area contributed by atoms with Gasteiger partial charge in [0, 0.05) is 29.8 Å². The van der Waals surface area contributed by atoms with Crippen molar-refractivity contribution in [2.75, 3.05) is 30.9 Å². The molecule has 1 heterocycles. The number of carbonyl (C=O) groups is 1. The molecule has 1 amide bonds. The number of methoxy groups -OCH3 is 1. The number of benzene rings is 1. The molecule has 2 rings (SSSR count). The summed E-state index contributed by atoms with van der Waals surface area (Å²) in [6.07, 6.45) is 0. The highest BCUT2D eigenvalue weighted by atomic mass is 32.2. The van der Waals surface area contributed by atoms with Crippen molar-refractivity contribution in [3.8, 4) is 5.75 Å². The third-order valence-corrected chi connectivity index (χ3v) is 4.27. The Bertz CT molecular complexity index is 451. The largest absolute Gasteiger partial charge is 0.496 e. The lowest BCUT2D eigenvalue weighted by molar-refractivity contribution is 0.0712. The number of hydrogen-bond donors (Lipinski definition) is 1. The fraction of sp³-hybridized carbons (Fsp3) is 0.462. The van der Waals surface area contributed by atoms with Crippen LogP contribution in [0.3, 0.4) is 0 Å². The van der Waals surface area contributed by atoms with Crippen LogP contribution in [0.1, 0.15) is 17.3 Å². The van der Waals surface area contributed by atoms with Crippen LogP contribution in [0.15, 0.2) is 18.2 Å². The van der Waals surface area contributed by atoms with Gasteiger partial charge in [0.1, 0.15) is 5.75 Å². The molecule has 18 heavy (non-hydrogen) atoms. The Morgan fingerprint density at radius 3 is 3.00 bits per heavy atom. The third kappa shape index (κ3) is 2.56. The highest BCUT2D eigenvalue weighted by Crippen LogP contribution is 2.25. The number of ether oxygens (including phenoxy) is 1. The smallest absolute Gasteiger partial charge is 0.257 e. The maximum absolute atomic E-state index is 12.5. The van der Waals surface area contributed by atoms with Crippen molar-refractivity contribution in [2.24, 2.45) is 0 Å². The van der Waals surface area contributed by atoms with E-state index in [1.165, 1.54) is 0 Å². The molecule has 1 aromatic rings. The van der Waals surface area contributed by atoms with Gasteiger partial charge in [0.15, 0.2) is 0 Å². The minimum Gasteiger partial charge on any atom is -0.496 e. The van der Waals surface area contributed by atoms with E-state index >= 15 is 0 Å². The molecule has 2 N–H and O–H groups in total. The lowest BCUT2D eigenvalue weighted by Crippen LogP contribution is -2.44. The second-order valence-electron chi connectivity index (χ2n) is 4.38. The Kier molecular flexibility index (Phi) is 4.01. The molecule has 98 valence electrons. The van der Waals surface area contributed by atoms with Gasteiger partial charge in [0.05, 0.1) is 12.7 Å². The molecule has 0 spiro atoms. The van der Waals surface area contributed by atoms with E-state index in [4.69, 9.17) is 10.5 Å². The quantitative estimate of drug-likeness (QED) is 0.830. The number of thioether (sulfide) groups is 1. The second kappa shape index (κ2) is 5.52. The van der Waals surface area contributed by atoms with Crippen LogP contribution in [-0.2, 0) is 0 Å². The van der Waals surface area contributed by atoms with Gasteiger partial charge in [0.25, 0.3) is 5.91 Å². The molecule has 0 bridgehead atoms. The first-order valence-corrected chi connectivity index (χ1v) is 7.11. The van der Waals surface area contributed by atoms with Gasteiger partial charge < -0.3 is 15.4 Å². The Hall–Kier alpha value is -1.36. The van der Waals surface area contributed by atoms with E-state index < -0.39 is 0 Å². The molecular formula is C13H18N2O2S. The molecular weight excluding hydrogens is 248 g/mol. The van der Waals surface area contributed by atoms with E-state index in [1.54, 1.807) is 25.3 Å². The van der Waals surface area contributed by atoms with Gasteiger partial charge in [-0.1, -0.05) is 0 Å². The average Bonchev–Trinajstić information content (AvgIpc) is 2.38. The first-order valence-electron chi connectivity index (χ1n) is 5.95. The Labute approximate surface area is 111 Å². The molecule has 1 aliphatic rings. The SMILES string of the molecule is COc1ccc(N)cc1C(=O)N1CCSCC1C. The molecule has 0 radical (unpaired) electrons. The van der Waals surface area contributed by atoms with Crippen molar-refractivity contribution in [2.45, 2.75) is 13.0 Å². The molecule has 0 aliphatic carbocycles. The standard InChI is InChI=1S/C13H18N2O2S/c1-9-8-18-6-5-15(9)13(16)11-7-10(14)3-4-12(11)17-2/h3-4,7,9H,5-6,8,14H2,1-2H3. The van der Waals surface area contributed by atoms with Crippen molar-refractivity contribution < 1.29 is 9.53 Å². The van der Waals surface area contributed by atoms with Gasteiger partial charge in [-0.2, -0.15) is 11.8 Å². The molecule has 1 unspecified atom stereocenters. The van der Waals surface area contributed by atoms with Crippen LogP contribution in [0.2, 0.25) is 0 Å². The van der Waals surface area contributed by atoms with E-state index in [-0.39, 0.29) is 11.9 Å². The third-order valence-electron chi connectivity index (χ3n) is 3.08. The normalized spacial score (nSPS) is 19.7. The van der Waals surface area contributed by atoms with Crippen molar-refractivity contribution in [1.29, 1.82) is 0 Å². The second-order valence-corrected chi connectivity index (χ2v) is 5.53. The number of hydrogen-bond acceptors (Lipinski definition) is 4. The van der Waals surface area contributed by atoms with Crippen LogP contribution < -0.4 is 10.5 Å². The number of rotatable bonds is 2. The molecule has 1 aromatic carbocycles. The summed E-state index contributed by atoms with van der Waals surface area (Å²) in [7, 11) is 1.57. The highest BCUT2D eigenvalue weighted by molar-refractivity contribution is 7.99. The Morgan fingerprint density at radius 2 is 2.33 bits per heavy atom. The van der Waals surface area contributed by atoms with E-state index in [9.17, 15) is 4.79 Å². The lowest BCUT2D eigenvalue weighted by Gasteiger charge is -2.33. The fourth-order valence-electron chi connectivity index (χ4n) is 2.08. The van der Waals surface area contributed by atoms with Gasteiger partial charge in [0.2, 0.25) is 0 Å². The summed E-state index contributed by atoms with van der Waals surface area (Å²) < 4.78 is 5.24. The fourth-order valence-corrected chi connectivity index (χ4v) is 3.09. The summed E-state index contributed by atoms with van der Waals surface area (Å²) in [6.45, 7) is 2.85. The van der Waals surface area contributed by atoms with Crippen LogP contribution in [-0.4, -0.2) is 42.0 Å². The first-order chi connectivity index (χ1) is 8.63. The number of nitrogens with zero attached hydrogens (tertiary/aromatic N) is 1. The van der Waals surface area contributed by atoms with Gasteiger partial charge in [-0.15, -0.1) is 0 Å². The molecule has 1 fully saturated rings. The molecule has 1 atom stereocenters. The van der Waals surface area contributed by atoms with Crippen molar-refractivity contribution in [3.63, 3.8) is 0 Å². The van der Waals surface area contributed by atoms with Crippen molar-refractivity contribution >= 4 is 23.4 Å². The zero-order valence-corrected chi connectivity index (χ0v) is 11.5. The van der Waals surface area contributed by atoms with Crippen LogP contribution >= 0.6 is 11.8 Å². The number of carbonyl (C=O) groups excluding carboxylic acids is 1. The predicted octanol–water partition coefficient (Wildman–Crippen LogP) is 1.85. The van der Waals surface area contributed by atoms with Crippen molar-refractivity contribution in [3.05, 3.63) is 23.8 Å². The maximum Gasteiger partial charge on any atom is 0.257 e. The van der Waals surface area contributed by atoms with Crippen LogP contribution in [0.4, 0.5) is 5.69 Å². The molecule has 0 aromatic heterocycles. The van der Waals surface area contributed by atoms with Crippen LogP contribution in [0.5, 0.6) is 5.75 Å². The molecule has 0 saturated carbocycles. The zero-order valence-electron chi connectivity index (χ0n) is 10.7. The summed E-state index contributed by atoms with van der Waals surface area (Å²) in [5, 5.41) is 0. The maximum atomic E-state index is 12.5. The topological polar surface area (TPSA) is 55.6 Å². The van der Waals surface area contributed by atoms with Gasteiger partial charge in [-0.3, -0.25) is 4.79 Å². The van der Waals surface area contributed by atoms with Gasteiger partial charge in [-0.05, 0) is 25.1 Å². The first kappa shape index (κ1) is 13.1. The molecule has 1 saturated heterocycles. The van der Waals surface area contributed by atoms with Crippen molar-refractivity contribution in [1.82, 2.24) is 4.90 Å². The Balaban J connectivity index is 2.29. The Morgan fingerprint density at radius 1 is 1.56 bits per heavy atom. The van der Waals surface area contributed by atoms with Gasteiger partial charge in [-0.25, -0.2) is 0 Å². The predicted molar refractivity (Wildman–Crippen MR) is 75.2 cm³/mol. The number of nitrogen functional groups attached to an aromatic ring is 1. The molecule has 4 nitrogen and oxygen atoms in total. The van der Waals surface area contributed by atoms with Gasteiger partial charge >= 0.3 is 0 Å². The lowest BCUT2D eigenvalue weighted by atomic mass is 10.1. The summed E-state index contributed by atoms with van der Waals surface area (Å²) >= 11 is 1.88. The van der Waals surface area contributed by atoms with E-state index in [0.29, 0.717) is 17.0 Å². The summed E-state index contributed by atoms with van der Waals surface area (Å²) in [4.78, 5) is 14.4. The minimum absolute atomic E-state index is 0.00644. The number of amides is 1. The monoisotopic (exact) mass is 266 g/mol. The van der Waals surface area contributed by atoms with Crippen LogP contribution in [0, 0.1) is 0 Å². The average molecular weight is 266 g/mol. The zero-order chi connectivity index (χ0) is 13.1. The summed E-state index contributed by atoms with van der Waals surface area (Å²) in [5.41, 5.74) is 6.89. The van der Waals surface area contributed by atoms with E-state index in [2.05, 4.69) is 6.92 Å². The highest BCUT2D eigenvalue weighted by Gasteiger charge is 2.26. The van der Waals surface area contributed by atoms with E-state index in [0.717, 1.165) is 18.1 Å². The molecule has 5 heteroatoms. The summed E-state index contributed by atoms with van der Waals surface area (Å²) in [6, 6.07) is 5.43. The number of nitrogens with two attached hydrogens (primary N) is 1.